The van der Waals surface area contributed by atoms with Gasteiger partial charge in [-0.25, -0.2) is 0 Å². The van der Waals surface area contributed by atoms with E-state index in [9.17, 15) is 20.2 Å². The van der Waals surface area contributed by atoms with Gasteiger partial charge in [-0.2, -0.15) is 5.10 Å². The first-order chi connectivity index (χ1) is 15.4. The molecular formula is C23H19N5O4. The monoisotopic (exact) mass is 429 g/mol. The Morgan fingerprint density at radius 1 is 1.00 bits per heavy atom. The van der Waals surface area contributed by atoms with Crippen molar-refractivity contribution < 1.29 is 9.85 Å². The predicted octanol–water partition coefficient (Wildman–Crippen LogP) is 5.26. The number of non-ortho nitro benzene ring substituents is 1. The molecule has 0 fully saturated rings. The summed E-state index contributed by atoms with van der Waals surface area (Å²) in [5, 5.41) is 27.3. The Kier molecular flexibility index (Phi) is 5.63. The summed E-state index contributed by atoms with van der Waals surface area (Å²) in [7, 11) is 0. The molecular weight excluding hydrogens is 410 g/mol. The molecule has 0 radical (unpaired) electrons. The van der Waals surface area contributed by atoms with Gasteiger partial charge in [-0.1, -0.05) is 48.0 Å². The second-order valence-corrected chi connectivity index (χ2v) is 7.30. The smallest absolute Gasteiger partial charge is 0.301 e. The fraction of sp³-hybridized carbons (Fsp3) is 0.0870. The van der Waals surface area contributed by atoms with Crippen LogP contribution in [0.25, 0.3) is 10.9 Å². The van der Waals surface area contributed by atoms with Crippen LogP contribution in [0.1, 0.15) is 16.7 Å². The maximum atomic E-state index is 11.3. The molecule has 0 saturated carbocycles. The zero-order valence-corrected chi connectivity index (χ0v) is 17.1. The number of para-hydroxylation sites is 1. The van der Waals surface area contributed by atoms with Gasteiger partial charge in [-0.15, -0.1) is 0 Å². The van der Waals surface area contributed by atoms with E-state index in [1.165, 1.54) is 23.3 Å². The van der Waals surface area contributed by atoms with E-state index in [-0.39, 0.29) is 11.4 Å². The minimum Gasteiger partial charge on any atom is -0.342 e. The van der Waals surface area contributed by atoms with Crippen LogP contribution in [0, 0.1) is 27.2 Å². The van der Waals surface area contributed by atoms with Crippen molar-refractivity contribution in [2.45, 2.75) is 13.5 Å². The highest BCUT2D eigenvalue weighted by Gasteiger charge is 2.19. The van der Waals surface area contributed by atoms with Crippen LogP contribution in [-0.2, 0) is 6.54 Å². The molecule has 1 N–H and O–H groups in total. The van der Waals surface area contributed by atoms with Crippen molar-refractivity contribution in [3.63, 3.8) is 0 Å². The number of nitro groups is 2. The van der Waals surface area contributed by atoms with Gasteiger partial charge in [0.15, 0.2) is 0 Å². The first-order valence-electron chi connectivity index (χ1n) is 9.78. The summed E-state index contributed by atoms with van der Waals surface area (Å²) in [6.45, 7) is 2.74. The SMILES string of the molecule is Cc1ccc(Cn2cc(/C=N\Nc3ccc([N+](=O)[O-])cc3[N+](=O)[O-])c3ccccc32)cc1. The standard InChI is InChI=1S/C23H19N5O4/c1-16-6-8-17(9-7-16)14-26-15-18(20-4-2-3-5-22(20)26)13-24-25-21-11-10-19(27(29)30)12-23(21)28(31)32/h2-13,15,25H,14H2,1H3/b24-13-. The molecule has 0 saturated heterocycles. The van der Waals surface area contributed by atoms with Gasteiger partial charge in [0.2, 0.25) is 0 Å². The topological polar surface area (TPSA) is 116 Å². The molecule has 0 aliphatic heterocycles. The zero-order valence-electron chi connectivity index (χ0n) is 17.1. The molecule has 0 spiro atoms. The predicted molar refractivity (Wildman–Crippen MR) is 123 cm³/mol. The minimum atomic E-state index is -0.682. The third-order valence-electron chi connectivity index (χ3n) is 5.07. The Hall–Kier alpha value is -4.53. The highest BCUT2D eigenvalue weighted by Crippen LogP contribution is 2.29. The summed E-state index contributed by atoms with van der Waals surface area (Å²) in [4.78, 5) is 20.8. The van der Waals surface area contributed by atoms with Gasteiger partial charge in [-0.05, 0) is 24.6 Å². The Balaban J connectivity index is 1.62. The van der Waals surface area contributed by atoms with E-state index >= 15 is 0 Å². The van der Waals surface area contributed by atoms with E-state index in [0.29, 0.717) is 6.54 Å². The van der Waals surface area contributed by atoms with Gasteiger partial charge in [0.1, 0.15) is 5.69 Å². The highest BCUT2D eigenvalue weighted by atomic mass is 16.6. The molecule has 0 aliphatic carbocycles. The summed E-state index contributed by atoms with van der Waals surface area (Å²) >= 11 is 0. The number of anilines is 1. The van der Waals surface area contributed by atoms with E-state index < -0.39 is 15.5 Å². The van der Waals surface area contributed by atoms with Crippen LogP contribution in [0.15, 0.2) is 78.0 Å². The summed E-state index contributed by atoms with van der Waals surface area (Å²) < 4.78 is 2.12. The summed E-state index contributed by atoms with van der Waals surface area (Å²) in [6, 6.07) is 19.6. The summed E-state index contributed by atoms with van der Waals surface area (Å²) in [6.07, 6.45) is 3.55. The largest absolute Gasteiger partial charge is 0.342 e. The number of nitrogens with zero attached hydrogens (tertiary/aromatic N) is 4. The zero-order chi connectivity index (χ0) is 22.7. The van der Waals surface area contributed by atoms with Crippen LogP contribution in [0.3, 0.4) is 0 Å². The third kappa shape index (κ3) is 4.31. The van der Waals surface area contributed by atoms with E-state index in [0.717, 1.165) is 22.5 Å². The van der Waals surface area contributed by atoms with Crippen molar-refractivity contribution in [2.75, 3.05) is 5.43 Å². The molecule has 0 bridgehead atoms. The average molecular weight is 429 g/mol. The van der Waals surface area contributed by atoms with Crippen molar-refractivity contribution in [3.8, 4) is 0 Å². The van der Waals surface area contributed by atoms with Gasteiger partial charge in [-0.3, -0.25) is 25.7 Å². The average Bonchev–Trinajstić information content (AvgIpc) is 3.13. The van der Waals surface area contributed by atoms with E-state index in [1.807, 2.05) is 37.4 Å². The van der Waals surface area contributed by atoms with Crippen LogP contribution in [0.5, 0.6) is 0 Å². The quantitative estimate of drug-likeness (QED) is 0.244. The Morgan fingerprint density at radius 2 is 1.75 bits per heavy atom. The number of nitro benzene ring substituents is 2. The van der Waals surface area contributed by atoms with Crippen molar-refractivity contribution in [1.29, 1.82) is 0 Å². The molecule has 4 aromatic rings. The van der Waals surface area contributed by atoms with Crippen molar-refractivity contribution >= 4 is 34.2 Å². The minimum absolute atomic E-state index is 0.0697. The van der Waals surface area contributed by atoms with Crippen molar-refractivity contribution in [2.24, 2.45) is 5.10 Å². The number of hydrogen-bond acceptors (Lipinski definition) is 6. The van der Waals surface area contributed by atoms with Crippen LogP contribution in [0.2, 0.25) is 0 Å². The molecule has 0 aliphatic rings. The van der Waals surface area contributed by atoms with Gasteiger partial charge < -0.3 is 4.57 Å². The molecule has 9 nitrogen and oxygen atoms in total. The van der Waals surface area contributed by atoms with E-state index in [4.69, 9.17) is 0 Å². The van der Waals surface area contributed by atoms with Gasteiger partial charge in [0.05, 0.1) is 22.1 Å². The van der Waals surface area contributed by atoms with Gasteiger partial charge in [0, 0.05) is 35.3 Å². The number of aromatic nitrogens is 1. The lowest BCUT2D eigenvalue weighted by Gasteiger charge is -2.06. The molecule has 1 heterocycles. The van der Waals surface area contributed by atoms with Crippen molar-refractivity contribution in [1.82, 2.24) is 4.57 Å². The number of nitrogens with one attached hydrogen (secondary N) is 1. The Labute approximate surface area is 182 Å². The molecule has 0 atom stereocenters. The highest BCUT2D eigenvalue weighted by molar-refractivity contribution is 5.99. The Bertz CT molecular complexity index is 1340. The van der Waals surface area contributed by atoms with E-state index in [1.54, 1.807) is 6.21 Å². The normalized spacial score (nSPS) is 11.2. The van der Waals surface area contributed by atoms with Crippen LogP contribution < -0.4 is 5.43 Å². The lowest BCUT2D eigenvalue weighted by Crippen LogP contribution is -1.99. The fourth-order valence-electron chi connectivity index (χ4n) is 3.45. The van der Waals surface area contributed by atoms with Crippen LogP contribution >= 0.6 is 0 Å². The molecule has 3 aromatic carbocycles. The Morgan fingerprint density at radius 3 is 2.47 bits per heavy atom. The molecule has 1 aromatic heterocycles. The molecule has 160 valence electrons. The number of rotatable bonds is 7. The third-order valence-corrected chi connectivity index (χ3v) is 5.07. The molecule has 0 unspecified atom stereocenters. The number of fused-ring (bicyclic) bond motifs is 1. The van der Waals surface area contributed by atoms with Gasteiger partial charge in [0.25, 0.3) is 5.69 Å². The van der Waals surface area contributed by atoms with Crippen molar-refractivity contribution in [3.05, 3.63) is 110 Å². The lowest BCUT2D eigenvalue weighted by molar-refractivity contribution is -0.393. The summed E-state index contributed by atoms with van der Waals surface area (Å²) in [5.74, 6) is 0. The second kappa shape index (κ2) is 8.68. The molecule has 4 rings (SSSR count). The maximum absolute atomic E-state index is 11.3. The fourth-order valence-corrected chi connectivity index (χ4v) is 3.45. The first kappa shape index (κ1) is 20.7. The van der Waals surface area contributed by atoms with E-state index in [2.05, 4.69) is 39.4 Å². The number of benzene rings is 3. The summed E-state index contributed by atoms with van der Waals surface area (Å²) in [5.41, 5.74) is 6.17. The number of aryl methyl sites for hydroxylation is 1. The number of hydrazone groups is 1. The second-order valence-electron chi connectivity index (χ2n) is 7.30. The van der Waals surface area contributed by atoms with Gasteiger partial charge >= 0.3 is 5.69 Å². The molecule has 32 heavy (non-hydrogen) atoms. The van der Waals surface area contributed by atoms with Crippen LogP contribution in [-0.4, -0.2) is 20.6 Å². The maximum Gasteiger partial charge on any atom is 0.301 e. The molecule has 9 heteroatoms. The first-order valence-corrected chi connectivity index (χ1v) is 9.78. The van der Waals surface area contributed by atoms with Crippen LogP contribution in [0.4, 0.5) is 17.1 Å². The molecule has 0 amide bonds. The lowest BCUT2D eigenvalue weighted by atomic mass is 10.1. The number of hydrogen-bond donors (Lipinski definition) is 1.